The number of carbonyl (C=O) groups excluding carboxylic acids is 1. The van der Waals surface area contributed by atoms with Gasteiger partial charge in [0.15, 0.2) is 0 Å². The van der Waals surface area contributed by atoms with Crippen LogP contribution in [0.15, 0.2) is 36.1 Å². The standard InChI is InChI=1S/C14H15N3OS/c18-14(13-4-2-8-19-13)17-7-1-3-11(9-17)12-5-6-15-10-16-12/h2,4-6,8,10-11H,1,3,7,9H2/t11-/m0/s1. The maximum absolute atomic E-state index is 12.3. The van der Waals surface area contributed by atoms with Gasteiger partial charge in [0, 0.05) is 30.9 Å². The summed E-state index contributed by atoms with van der Waals surface area (Å²) in [4.78, 5) is 23.4. The Hall–Kier alpha value is -1.75. The summed E-state index contributed by atoms with van der Waals surface area (Å²) in [6.07, 6.45) is 5.47. The van der Waals surface area contributed by atoms with Gasteiger partial charge in [0.25, 0.3) is 5.91 Å². The molecule has 1 atom stereocenters. The van der Waals surface area contributed by atoms with Gasteiger partial charge in [-0.05, 0) is 30.4 Å². The molecule has 1 saturated heterocycles. The van der Waals surface area contributed by atoms with Crippen molar-refractivity contribution in [3.63, 3.8) is 0 Å². The number of likely N-dealkylation sites (tertiary alicyclic amines) is 1. The van der Waals surface area contributed by atoms with E-state index in [0.717, 1.165) is 36.5 Å². The summed E-state index contributed by atoms with van der Waals surface area (Å²) in [6, 6.07) is 5.76. The number of carbonyl (C=O) groups is 1. The van der Waals surface area contributed by atoms with Crippen molar-refractivity contribution >= 4 is 17.2 Å². The monoisotopic (exact) mass is 273 g/mol. The number of nitrogens with zero attached hydrogens (tertiary/aromatic N) is 3. The smallest absolute Gasteiger partial charge is 0.263 e. The molecule has 2 aromatic heterocycles. The summed E-state index contributed by atoms with van der Waals surface area (Å²) >= 11 is 1.50. The van der Waals surface area contributed by atoms with Gasteiger partial charge in [0.05, 0.1) is 4.88 Å². The molecular formula is C14H15N3OS. The maximum Gasteiger partial charge on any atom is 0.263 e. The topological polar surface area (TPSA) is 46.1 Å². The third kappa shape index (κ3) is 2.66. The van der Waals surface area contributed by atoms with Crippen LogP contribution in [0.3, 0.4) is 0 Å². The molecule has 0 aromatic carbocycles. The largest absolute Gasteiger partial charge is 0.337 e. The van der Waals surface area contributed by atoms with Crippen LogP contribution >= 0.6 is 11.3 Å². The highest BCUT2D eigenvalue weighted by molar-refractivity contribution is 7.12. The first-order chi connectivity index (χ1) is 9.34. The Morgan fingerprint density at radius 3 is 3.11 bits per heavy atom. The molecule has 19 heavy (non-hydrogen) atoms. The zero-order valence-corrected chi connectivity index (χ0v) is 11.3. The Labute approximate surface area is 116 Å². The van der Waals surface area contributed by atoms with E-state index in [1.165, 1.54) is 11.3 Å². The second kappa shape index (κ2) is 5.48. The number of hydrogen-bond donors (Lipinski definition) is 0. The molecule has 3 rings (SSSR count). The lowest BCUT2D eigenvalue weighted by atomic mass is 9.94. The first-order valence-corrected chi connectivity index (χ1v) is 7.31. The highest BCUT2D eigenvalue weighted by atomic mass is 32.1. The van der Waals surface area contributed by atoms with Crippen LogP contribution in [-0.4, -0.2) is 33.9 Å². The lowest BCUT2D eigenvalue weighted by Crippen LogP contribution is -2.39. The summed E-state index contributed by atoms with van der Waals surface area (Å²) in [6.45, 7) is 1.60. The Balaban J connectivity index is 1.73. The van der Waals surface area contributed by atoms with Gasteiger partial charge in [-0.2, -0.15) is 0 Å². The molecule has 0 saturated carbocycles. The molecule has 0 N–H and O–H groups in total. The van der Waals surface area contributed by atoms with E-state index in [0.29, 0.717) is 5.92 Å². The van der Waals surface area contributed by atoms with E-state index in [4.69, 9.17) is 0 Å². The Bertz CT molecular complexity index is 541. The number of amides is 1. The molecule has 1 fully saturated rings. The minimum absolute atomic E-state index is 0.147. The van der Waals surface area contributed by atoms with Gasteiger partial charge in [-0.25, -0.2) is 9.97 Å². The molecule has 5 heteroatoms. The Morgan fingerprint density at radius 2 is 2.37 bits per heavy atom. The number of thiophene rings is 1. The second-order valence-electron chi connectivity index (χ2n) is 4.70. The van der Waals surface area contributed by atoms with Crippen molar-refractivity contribution in [1.29, 1.82) is 0 Å². The summed E-state index contributed by atoms with van der Waals surface area (Å²) in [5.41, 5.74) is 1.04. The van der Waals surface area contributed by atoms with Crippen LogP contribution in [0.4, 0.5) is 0 Å². The molecule has 0 radical (unpaired) electrons. The average Bonchev–Trinajstić information content (AvgIpc) is 3.02. The summed E-state index contributed by atoms with van der Waals surface area (Å²) in [5.74, 6) is 0.481. The van der Waals surface area contributed by atoms with Gasteiger partial charge in [-0.15, -0.1) is 11.3 Å². The van der Waals surface area contributed by atoms with Crippen LogP contribution in [0.5, 0.6) is 0 Å². The van der Waals surface area contributed by atoms with Crippen LogP contribution in [0.1, 0.15) is 34.1 Å². The van der Waals surface area contributed by atoms with Gasteiger partial charge in [0.2, 0.25) is 0 Å². The average molecular weight is 273 g/mol. The molecule has 2 aromatic rings. The molecule has 98 valence electrons. The van der Waals surface area contributed by atoms with Crippen molar-refractivity contribution in [2.45, 2.75) is 18.8 Å². The molecule has 3 heterocycles. The zero-order valence-electron chi connectivity index (χ0n) is 10.5. The molecule has 1 aliphatic rings. The van der Waals surface area contributed by atoms with E-state index in [9.17, 15) is 4.79 Å². The van der Waals surface area contributed by atoms with Crippen LogP contribution in [0.2, 0.25) is 0 Å². The molecule has 4 nitrogen and oxygen atoms in total. The second-order valence-corrected chi connectivity index (χ2v) is 5.65. The zero-order chi connectivity index (χ0) is 13.1. The van der Waals surface area contributed by atoms with E-state index in [2.05, 4.69) is 9.97 Å². The van der Waals surface area contributed by atoms with E-state index >= 15 is 0 Å². The first kappa shape index (κ1) is 12.3. The lowest BCUT2D eigenvalue weighted by Gasteiger charge is -2.32. The minimum atomic E-state index is 0.147. The van der Waals surface area contributed by atoms with Crippen molar-refractivity contribution in [3.8, 4) is 0 Å². The summed E-state index contributed by atoms with van der Waals surface area (Å²) in [5, 5.41) is 1.94. The van der Waals surface area contributed by atoms with E-state index in [1.807, 2.05) is 28.5 Å². The van der Waals surface area contributed by atoms with Gasteiger partial charge in [-0.1, -0.05) is 6.07 Å². The molecule has 0 aliphatic carbocycles. The molecule has 1 amide bonds. The SMILES string of the molecule is O=C(c1cccs1)N1CCC[C@H](c2ccncn2)C1. The predicted octanol–water partition coefficient (Wildman–Crippen LogP) is 2.56. The van der Waals surface area contributed by atoms with E-state index in [-0.39, 0.29) is 5.91 Å². The lowest BCUT2D eigenvalue weighted by molar-refractivity contribution is 0.0711. The number of aromatic nitrogens is 2. The summed E-state index contributed by atoms with van der Waals surface area (Å²) < 4.78 is 0. The highest BCUT2D eigenvalue weighted by Gasteiger charge is 2.26. The van der Waals surface area contributed by atoms with Crippen molar-refractivity contribution in [2.75, 3.05) is 13.1 Å². The molecule has 1 aliphatic heterocycles. The fourth-order valence-electron chi connectivity index (χ4n) is 2.50. The van der Waals surface area contributed by atoms with Crippen molar-refractivity contribution in [2.24, 2.45) is 0 Å². The van der Waals surface area contributed by atoms with E-state index in [1.54, 1.807) is 12.5 Å². The number of piperidine rings is 1. The fourth-order valence-corrected chi connectivity index (χ4v) is 3.19. The van der Waals surface area contributed by atoms with Gasteiger partial charge in [0.1, 0.15) is 6.33 Å². The van der Waals surface area contributed by atoms with Gasteiger partial charge >= 0.3 is 0 Å². The van der Waals surface area contributed by atoms with Crippen LogP contribution in [-0.2, 0) is 0 Å². The maximum atomic E-state index is 12.3. The third-order valence-corrected chi connectivity index (χ3v) is 4.32. The molecular weight excluding hydrogens is 258 g/mol. The molecule has 0 unspecified atom stereocenters. The van der Waals surface area contributed by atoms with Crippen molar-refractivity contribution in [1.82, 2.24) is 14.9 Å². The van der Waals surface area contributed by atoms with Crippen LogP contribution < -0.4 is 0 Å². The van der Waals surface area contributed by atoms with Crippen LogP contribution in [0.25, 0.3) is 0 Å². The third-order valence-electron chi connectivity index (χ3n) is 3.46. The Morgan fingerprint density at radius 1 is 1.42 bits per heavy atom. The quantitative estimate of drug-likeness (QED) is 0.844. The molecule has 0 bridgehead atoms. The van der Waals surface area contributed by atoms with Crippen molar-refractivity contribution in [3.05, 3.63) is 46.7 Å². The highest BCUT2D eigenvalue weighted by Crippen LogP contribution is 2.26. The van der Waals surface area contributed by atoms with E-state index < -0.39 is 0 Å². The summed E-state index contributed by atoms with van der Waals surface area (Å²) in [7, 11) is 0. The number of hydrogen-bond acceptors (Lipinski definition) is 4. The van der Waals surface area contributed by atoms with Crippen LogP contribution in [0, 0.1) is 0 Å². The predicted molar refractivity (Wildman–Crippen MR) is 74.2 cm³/mol. The van der Waals surface area contributed by atoms with Gasteiger partial charge < -0.3 is 4.90 Å². The Kier molecular flexibility index (Phi) is 3.55. The normalized spacial score (nSPS) is 19.4. The number of rotatable bonds is 2. The minimum Gasteiger partial charge on any atom is -0.337 e. The molecule has 0 spiro atoms. The van der Waals surface area contributed by atoms with Crippen molar-refractivity contribution < 1.29 is 4.79 Å². The fraction of sp³-hybridized carbons (Fsp3) is 0.357. The van der Waals surface area contributed by atoms with Gasteiger partial charge in [-0.3, -0.25) is 4.79 Å². The first-order valence-electron chi connectivity index (χ1n) is 6.43.